The van der Waals surface area contributed by atoms with E-state index < -0.39 is 23.5 Å². The van der Waals surface area contributed by atoms with Gasteiger partial charge in [0.1, 0.15) is 30.0 Å². The van der Waals surface area contributed by atoms with Gasteiger partial charge in [0.25, 0.3) is 0 Å². The number of likely N-dealkylation sites (tertiary alicyclic amines) is 2. The second kappa shape index (κ2) is 16.6. The summed E-state index contributed by atoms with van der Waals surface area (Å²) < 4.78 is 5.65. The molecule has 0 saturated carbocycles. The van der Waals surface area contributed by atoms with Crippen LogP contribution in [-0.4, -0.2) is 89.4 Å². The van der Waals surface area contributed by atoms with Gasteiger partial charge in [0, 0.05) is 30.2 Å². The molecule has 2 aliphatic heterocycles. The molecule has 1 unspecified atom stereocenters. The van der Waals surface area contributed by atoms with Gasteiger partial charge in [0.05, 0.1) is 24.4 Å². The lowest BCUT2D eigenvalue weighted by Gasteiger charge is -2.36. The number of benzene rings is 2. The molecule has 3 aromatic rings. The number of fused-ring (bicyclic) bond motifs is 1. The Morgan fingerprint density at radius 1 is 1.00 bits per heavy atom. The molecule has 12 nitrogen and oxygen atoms in total. The van der Waals surface area contributed by atoms with Gasteiger partial charge >= 0.3 is 0 Å². The molecule has 0 bridgehead atoms. The highest BCUT2D eigenvalue weighted by Crippen LogP contribution is 2.34. The molecule has 0 spiro atoms. The minimum Gasteiger partial charge on any atom is -0.494 e. The molecule has 266 valence electrons. The van der Waals surface area contributed by atoms with Gasteiger partial charge in [-0.05, 0) is 81.9 Å². The molecule has 0 aliphatic carbocycles. The maximum absolute atomic E-state index is 13.9. The van der Waals surface area contributed by atoms with Crippen molar-refractivity contribution >= 4 is 58.2 Å². The van der Waals surface area contributed by atoms with Crippen LogP contribution in [0.2, 0.25) is 0 Å². The zero-order valence-electron chi connectivity index (χ0n) is 29.5. The fourth-order valence-electron chi connectivity index (χ4n) is 6.39. The third-order valence-corrected chi connectivity index (χ3v) is 9.35. The van der Waals surface area contributed by atoms with Crippen LogP contribution in [0, 0.1) is 5.41 Å². The molecule has 3 heterocycles. The van der Waals surface area contributed by atoms with Crippen molar-refractivity contribution in [1.29, 1.82) is 0 Å². The number of rotatable bonds is 11. The van der Waals surface area contributed by atoms with Crippen LogP contribution in [0.4, 0.5) is 17.2 Å². The van der Waals surface area contributed by atoms with Crippen molar-refractivity contribution in [3.63, 3.8) is 0 Å². The van der Waals surface area contributed by atoms with Crippen LogP contribution in [-0.2, 0) is 20.9 Å². The first-order valence-corrected chi connectivity index (χ1v) is 17.0. The number of likely N-dealkylation sites (N-methyl/N-ethyl adjacent to an activating group) is 1. The largest absolute Gasteiger partial charge is 0.494 e. The molecule has 2 aliphatic rings. The Hall–Kier alpha value is -4.00. The summed E-state index contributed by atoms with van der Waals surface area (Å²) in [5.74, 6) is 0.172. The molecule has 49 heavy (non-hydrogen) atoms. The first kappa shape index (κ1) is 37.8. The summed E-state index contributed by atoms with van der Waals surface area (Å²) >= 11 is 0. The summed E-state index contributed by atoms with van der Waals surface area (Å²) in [7, 11) is 3.23. The van der Waals surface area contributed by atoms with Crippen LogP contribution in [0.5, 0.6) is 5.75 Å². The van der Waals surface area contributed by atoms with Crippen molar-refractivity contribution in [1.82, 2.24) is 30.4 Å². The predicted octanol–water partition coefficient (Wildman–Crippen LogP) is 4.86. The van der Waals surface area contributed by atoms with E-state index in [0.29, 0.717) is 47.5 Å². The topological polar surface area (TPSA) is 141 Å². The summed E-state index contributed by atoms with van der Waals surface area (Å²) in [6.45, 7) is 11.1. The Kier molecular flexibility index (Phi) is 12.8. The van der Waals surface area contributed by atoms with Crippen molar-refractivity contribution in [2.24, 2.45) is 5.41 Å². The second-order valence-corrected chi connectivity index (χ2v) is 13.9. The Morgan fingerprint density at radius 3 is 2.37 bits per heavy atom. The van der Waals surface area contributed by atoms with Gasteiger partial charge in [-0.25, -0.2) is 9.97 Å². The van der Waals surface area contributed by atoms with E-state index >= 15 is 0 Å². The van der Waals surface area contributed by atoms with Crippen LogP contribution < -0.4 is 26.0 Å². The summed E-state index contributed by atoms with van der Waals surface area (Å²) in [5, 5.41) is 13.0. The first-order valence-electron chi connectivity index (χ1n) is 17.0. The summed E-state index contributed by atoms with van der Waals surface area (Å²) in [6.07, 6.45) is 6.52. The average Bonchev–Trinajstić information content (AvgIpc) is 3.58. The molecule has 4 N–H and O–H groups in total. The Labute approximate surface area is 295 Å². The molecule has 3 amide bonds. The number of amides is 3. The van der Waals surface area contributed by atoms with E-state index in [9.17, 15) is 14.4 Å². The fourth-order valence-corrected chi connectivity index (χ4v) is 6.39. The lowest BCUT2D eigenvalue weighted by Crippen LogP contribution is -2.59. The normalized spacial score (nSPS) is 17.9. The molecule has 5 rings (SSSR count). The average molecular weight is 695 g/mol. The number of aromatic nitrogens is 2. The van der Waals surface area contributed by atoms with Crippen LogP contribution in [0.15, 0.2) is 42.7 Å². The molecule has 2 fully saturated rings. The highest BCUT2D eigenvalue weighted by atomic mass is 35.5. The minimum atomic E-state index is -0.797. The number of ether oxygens (including phenoxy) is 1. The number of hydrogen-bond acceptors (Lipinski definition) is 9. The number of nitrogens with zero attached hydrogens (tertiary/aromatic N) is 4. The Morgan fingerprint density at radius 2 is 1.71 bits per heavy atom. The van der Waals surface area contributed by atoms with Crippen LogP contribution in [0.3, 0.4) is 0 Å². The minimum absolute atomic E-state index is 0. The van der Waals surface area contributed by atoms with Crippen LogP contribution in [0.25, 0.3) is 10.9 Å². The highest BCUT2D eigenvalue weighted by molar-refractivity contribution is 6.03. The third-order valence-electron chi connectivity index (χ3n) is 9.35. The van der Waals surface area contributed by atoms with Crippen molar-refractivity contribution in [3.8, 4) is 5.75 Å². The monoisotopic (exact) mass is 694 g/mol. The third kappa shape index (κ3) is 9.17. The van der Waals surface area contributed by atoms with Crippen molar-refractivity contribution in [2.75, 3.05) is 44.4 Å². The molecule has 1 aromatic heterocycles. The van der Waals surface area contributed by atoms with Crippen molar-refractivity contribution in [3.05, 3.63) is 48.3 Å². The van der Waals surface area contributed by atoms with Gasteiger partial charge in [-0.15, -0.1) is 12.4 Å². The van der Waals surface area contributed by atoms with E-state index in [1.165, 1.54) is 38.3 Å². The number of methoxy groups -OCH3 is 1. The summed E-state index contributed by atoms with van der Waals surface area (Å²) in [5.41, 5.74) is 2.70. The van der Waals surface area contributed by atoms with Gasteiger partial charge in [-0.2, -0.15) is 0 Å². The quantitative estimate of drug-likeness (QED) is 0.222. The fraction of sp³-hybridized carbons (Fsp3) is 0.528. The van der Waals surface area contributed by atoms with E-state index in [2.05, 4.69) is 60.4 Å². The number of carbonyl (C=O) groups is 3. The van der Waals surface area contributed by atoms with Crippen molar-refractivity contribution in [2.45, 2.75) is 84.5 Å². The Balaban J connectivity index is 0.00000541. The van der Waals surface area contributed by atoms with Gasteiger partial charge in [0.2, 0.25) is 17.7 Å². The first-order chi connectivity index (χ1) is 23.0. The Bertz CT molecular complexity index is 1610. The predicted molar refractivity (Wildman–Crippen MR) is 195 cm³/mol. The molecule has 2 aromatic carbocycles. The van der Waals surface area contributed by atoms with Crippen LogP contribution >= 0.6 is 12.4 Å². The van der Waals surface area contributed by atoms with E-state index in [1.807, 2.05) is 20.8 Å². The van der Waals surface area contributed by atoms with E-state index in [0.717, 1.165) is 25.3 Å². The van der Waals surface area contributed by atoms with Gasteiger partial charge < -0.3 is 30.9 Å². The van der Waals surface area contributed by atoms with Gasteiger partial charge in [0.15, 0.2) is 0 Å². The van der Waals surface area contributed by atoms with E-state index in [1.54, 1.807) is 31.0 Å². The highest BCUT2D eigenvalue weighted by Gasteiger charge is 2.42. The molecular weight excluding hydrogens is 644 g/mol. The van der Waals surface area contributed by atoms with Crippen LogP contribution in [0.1, 0.15) is 65.4 Å². The van der Waals surface area contributed by atoms with Crippen molar-refractivity contribution < 1.29 is 19.1 Å². The smallest absolute Gasteiger partial charge is 0.247 e. The lowest BCUT2D eigenvalue weighted by atomic mass is 9.85. The number of nitrogens with one attached hydrogen (secondary N) is 4. The van der Waals surface area contributed by atoms with Gasteiger partial charge in [-0.3, -0.25) is 19.3 Å². The number of carbonyl (C=O) groups excluding carboxylic acids is 3. The maximum atomic E-state index is 13.9. The number of piperidine rings is 1. The van der Waals surface area contributed by atoms with E-state index in [4.69, 9.17) is 4.74 Å². The molecule has 0 radical (unpaired) electrons. The SMILES string of the molecule is CN[C@@H](C)C(=O)N[C@H](C(=O)N1CCCC1C(=O)Nc1cc2c(Nc3ccc(CN4CCCCC4)cc3)ncnc2cc1OC)C(C)(C)C.Cl. The molecular formula is C36H51ClN8O4. The number of halogens is 1. The molecule has 3 atom stereocenters. The summed E-state index contributed by atoms with van der Waals surface area (Å²) in [4.78, 5) is 53.5. The molecule has 13 heteroatoms. The zero-order valence-corrected chi connectivity index (χ0v) is 30.3. The maximum Gasteiger partial charge on any atom is 0.247 e. The zero-order chi connectivity index (χ0) is 34.4. The van der Waals surface area contributed by atoms with E-state index in [-0.39, 0.29) is 30.1 Å². The summed E-state index contributed by atoms with van der Waals surface area (Å²) in [6, 6.07) is 10.00. The number of anilines is 3. The van der Waals surface area contributed by atoms with Gasteiger partial charge in [-0.1, -0.05) is 39.3 Å². The number of hydrogen-bond donors (Lipinski definition) is 4. The second-order valence-electron chi connectivity index (χ2n) is 13.9. The molecule has 2 saturated heterocycles. The lowest BCUT2D eigenvalue weighted by molar-refractivity contribution is -0.143. The standard InChI is InChI=1S/C36H50N8O4.ClH/c1-23(37-5)33(45)42-31(36(2,3)4)35(47)44-18-10-11-29(44)34(46)41-28-19-26-27(20-30(28)48-6)38-22-39-32(26)40-25-14-12-24(13-15-25)21-43-16-8-7-9-17-43;/h12-15,19-20,22-23,29,31,37H,7-11,16-18,21H2,1-6H3,(H,41,46)(H,42,45)(H,38,39,40);1H/t23-,29?,31+;/m0./s1.